The molecule has 0 bridgehead atoms. The zero-order valence-electron chi connectivity index (χ0n) is 10.6. The lowest BCUT2D eigenvalue weighted by Crippen LogP contribution is -2.15. The summed E-state index contributed by atoms with van der Waals surface area (Å²) in [4.78, 5) is 23.4. The molecule has 0 aromatic heterocycles. The van der Waals surface area contributed by atoms with Crippen molar-refractivity contribution in [1.29, 1.82) is 0 Å². The lowest BCUT2D eigenvalue weighted by molar-refractivity contribution is -0.110. The van der Waals surface area contributed by atoms with Crippen LogP contribution in [0.2, 0.25) is 0 Å². The minimum Gasteiger partial charge on any atom is -0.286 e. The standard InChI is InChI=1S/C18H10O2/c19-17-6-5-13-9-14-7-11-3-1-2-4-12(11)8-15(14)10-16(13)18(17)20/h1-10H. The Morgan fingerprint density at radius 2 is 1.30 bits per heavy atom. The normalized spacial score (nSPS) is 14.0. The highest BCUT2D eigenvalue weighted by atomic mass is 16.2. The van der Waals surface area contributed by atoms with Gasteiger partial charge in [0.15, 0.2) is 0 Å². The van der Waals surface area contributed by atoms with Crippen molar-refractivity contribution in [1.82, 2.24) is 0 Å². The van der Waals surface area contributed by atoms with E-state index in [9.17, 15) is 9.59 Å². The Balaban J connectivity index is 2.09. The fourth-order valence-electron chi connectivity index (χ4n) is 2.72. The molecule has 0 unspecified atom stereocenters. The number of rotatable bonds is 0. The van der Waals surface area contributed by atoms with Gasteiger partial charge in [0.2, 0.25) is 11.6 Å². The average molecular weight is 258 g/mol. The van der Waals surface area contributed by atoms with Gasteiger partial charge in [0.1, 0.15) is 0 Å². The molecule has 0 fully saturated rings. The van der Waals surface area contributed by atoms with Crippen molar-refractivity contribution >= 4 is 39.2 Å². The van der Waals surface area contributed by atoms with Gasteiger partial charge in [-0.25, -0.2) is 0 Å². The Kier molecular flexibility index (Phi) is 2.15. The fraction of sp³-hybridized carbons (Fsp3) is 0. The molecule has 1 aliphatic rings. The minimum absolute atomic E-state index is 0.419. The largest absolute Gasteiger partial charge is 0.286 e. The molecule has 0 atom stereocenters. The van der Waals surface area contributed by atoms with Crippen molar-refractivity contribution in [3.05, 3.63) is 65.7 Å². The molecule has 2 heteroatoms. The highest BCUT2D eigenvalue weighted by Crippen LogP contribution is 2.28. The van der Waals surface area contributed by atoms with Gasteiger partial charge >= 0.3 is 0 Å². The number of carbonyl (C=O) groups is 2. The summed E-state index contributed by atoms with van der Waals surface area (Å²) in [6, 6.07) is 16.1. The maximum atomic E-state index is 11.9. The van der Waals surface area contributed by atoms with E-state index in [0.717, 1.165) is 21.7 Å². The summed E-state index contributed by atoms with van der Waals surface area (Å²) in [7, 11) is 0. The molecule has 0 amide bonds. The molecular weight excluding hydrogens is 248 g/mol. The van der Waals surface area contributed by atoms with E-state index in [2.05, 4.69) is 18.2 Å². The number of fused-ring (bicyclic) bond motifs is 3. The van der Waals surface area contributed by atoms with E-state index in [1.165, 1.54) is 11.5 Å². The maximum absolute atomic E-state index is 11.9. The van der Waals surface area contributed by atoms with Crippen molar-refractivity contribution in [2.75, 3.05) is 0 Å². The first-order valence-electron chi connectivity index (χ1n) is 6.46. The summed E-state index contributed by atoms with van der Waals surface area (Å²) in [5.74, 6) is -0.866. The first-order chi connectivity index (χ1) is 9.72. The minimum atomic E-state index is -0.447. The molecule has 94 valence electrons. The van der Waals surface area contributed by atoms with E-state index < -0.39 is 11.6 Å². The van der Waals surface area contributed by atoms with Crippen LogP contribution in [0, 0.1) is 0 Å². The summed E-state index contributed by atoms with van der Waals surface area (Å²) < 4.78 is 0. The van der Waals surface area contributed by atoms with Gasteiger partial charge in [0.25, 0.3) is 0 Å². The highest BCUT2D eigenvalue weighted by molar-refractivity contribution is 6.50. The number of ketones is 2. The second-order valence-electron chi connectivity index (χ2n) is 5.01. The number of benzene rings is 3. The quantitative estimate of drug-likeness (QED) is 0.454. The van der Waals surface area contributed by atoms with Gasteiger partial charge in [-0.3, -0.25) is 9.59 Å². The Hall–Kier alpha value is -2.74. The SMILES string of the molecule is O=C1C=Cc2cc3cc4ccccc4cc3cc2C1=O. The molecule has 0 spiro atoms. The Bertz CT molecular complexity index is 933. The first kappa shape index (κ1) is 11.1. The second-order valence-corrected chi connectivity index (χ2v) is 5.01. The molecule has 1 aliphatic carbocycles. The van der Waals surface area contributed by atoms with Crippen LogP contribution in [0.15, 0.2) is 54.6 Å². The van der Waals surface area contributed by atoms with Crippen LogP contribution in [0.4, 0.5) is 0 Å². The summed E-state index contributed by atoms with van der Waals surface area (Å²) in [6.45, 7) is 0. The van der Waals surface area contributed by atoms with Crippen LogP contribution in [0.5, 0.6) is 0 Å². The summed E-state index contributed by atoms with van der Waals surface area (Å²) >= 11 is 0. The van der Waals surface area contributed by atoms with E-state index in [4.69, 9.17) is 0 Å². The van der Waals surface area contributed by atoms with E-state index in [0.29, 0.717) is 5.56 Å². The van der Waals surface area contributed by atoms with Crippen molar-refractivity contribution in [3.8, 4) is 0 Å². The van der Waals surface area contributed by atoms with Gasteiger partial charge in [0, 0.05) is 5.56 Å². The number of hydrogen-bond donors (Lipinski definition) is 0. The lowest BCUT2D eigenvalue weighted by atomic mass is 9.91. The van der Waals surface area contributed by atoms with Crippen LogP contribution >= 0.6 is 0 Å². The van der Waals surface area contributed by atoms with E-state index >= 15 is 0 Å². The van der Waals surface area contributed by atoms with Crippen LogP contribution in [0.3, 0.4) is 0 Å². The molecule has 0 saturated carbocycles. The molecule has 0 aliphatic heterocycles. The smallest absolute Gasteiger partial charge is 0.233 e. The Labute approximate surface area is 115 Å². The third-order valence-electron chi connectivity index (χ3n) is 3.76. The molecule has 0 heterocycles. The monoisotopic (exact) mass is 258 g/mol. The van der Waals surface area contributed by atoms with Crippen molar-refractivity contribution in [2.24, 2.45) is 0 Å². The molecule has 3 aromatic rings. The molecular formula is C18H10O2. The third kappa shape index (κ3) is 1.51. The second kappa shape index (κ2) is 3.87. The highest BCUT2D eigenvalue weighted by Gasteiger charge is 2.21. The van der Waals surface area contributed by atoms with Gasteiger partial charge < -0.3 is 0 Å². The molecule has 3 aromatic carbocycles. The summed E-state index contributed by atoms with van der Waals surface area (Å²) in [5.41, 5.74) is 1.32. The summed E-state index contributed by atoms with van der Waals surface area (Å²) in [6.07, 6.45) is 3.06. The van der Waals surface area contributed by atoms with Gasteiger partial charge in [-0.2, -0.15) is 0 Å². The fourth-order valence-corrected chi connectivity index (χ4v) is 2.72. The van der Waals surface area contributed by atoms with Gasteiger partial charge in [-0.15, -0.1) is 0 Å². The molecule has 0 N–H and O–H groups in total. The first-order valence-corrected chi connectivity index (χ1v) is 6.46. The average Bonchev–Trinajstić information content (AvgIpc) is 2.47. The molecule has 2 nitrogen and oxygen atoms in total. The molecule has 20 heavy (non-hydrogen) atoms. The lowest BCUT2D eigenvalue weighted by Gasteiger charge is -2.11. The zero-order valence-corrected chi connectivity index (χ0v) is 10.6. The van der Waals surface area contributed by atoms with Crippen molar-refractivity contribution < 1.29 is 9.59 Å². The van der Waals surface area contributed by atoms with Gasteiger partial charge in [-0.05, 0) is 57.4 Å². The van der Waals surface area contributed by atoms with Crippen LogP contribution in [-0.2, 0) is 4.79 Å². The topological polar surface area (TPSA) is 34.1 Å². The molecule has 0 radical (unpaired) electrons. The number of hydrogen-bond acceptors (Lipinski definition) is 2. The number of allylic oxidation sites excluding steroid dienone is 1. The molecule has 4 rings (SSSR count). The van der Waals surface area contributed by atoms with Crippen LogP contribution in [-0.4, -0.2) is 11.6 Å². The summed E-state index contributed by atoms with van der Waals surface area (Å²) in [5, 5.41) is 4.36. The molecule has 0 saturated heterocycles. The predicted molar refractivity (Wildman–Crippen MR) is 79.8 cm³/mol. The van der Waals surface area contributed by atoms with Gasteiger partial charge in [-0.1, -0.05) is 30.3 Å². The van der Waals surface area contributed by atoms with E-state index in [-0.39, 0.29) is 0 Å². The number of carbonyl (C=O) groups excluding carboxylic acids is 2. The van der Waals surface area contributed by atoms with Gasteiger partial charge in [0.05, 0.1) is 0 Å². The van der Waals surface area contributed by atoms with E-state index in [1.54, 1.807) is 6.08 Å². The Morgan fingerprint density at radius 3 is 2.00 bits per heavy atom. The van der Waals surface area contributed by atoms with Crippen LogP contribution in [0.25, 0.3) is 27.6 Å². The third-order valence-corrected chi connectivity index (χ3v) is 3.76. The van der Waals surface area contributed by atoms with Crippen LogP contribution in [0.1, 0.15) is 15.9 Å². The predicted octanol–water partition coefficient (Wildman–Crippen LogP) is 3.77. The van der Waals surface area contributed by atoms with Crippen LogP contribution < -0.4 is 0 Å². The van der Waals surface area contributed by atoms with Crippen molar-refractivity contribution in [2.45, 2.75) is 0 Å². The van der Waals surface area contributed by atoms with Crippen molar-refractivity contribution in [3.63, 3.8) is 0 Å². The zero-order chi connectivity index (χ0) is 13.7. The maximum Gasteiger partial charge on any atom is 0.233 e. The van der Waals surface area contributed by atoms with E-state index in [1.807, 2.05) is 30.3 Å². The Morgan fingerprint density at radius 1 is 0.650 bits per heavy atom. The number of Topliss-reactive ketones (excluding diaryl/α,β-unsaturated/α-hetero) is 1.